The van der Waals surface area contributed by atoms with Crippen LogP contribution in [-0.4, -0.2) is 25.8 Å². The molecule has 1 atom stereocenters. The molecule has 22 heavy (non-hydrogen) atoms. The summed E-state index contributed by atoms with van der Waals surface area (Å²) >= 11 is 1.55. The fraction of sp³-hybridized carbons (Fsp3) is 0.471. The van der Waals surface area contributed by atoms with Crippen LogP contribution in [0.4, 0.5) is 0 Å². The number of benzene rings is 1. The van der Waals surface area contributed by atoms with Crippen LogP contribution in [0.1, 0.15) is 60.7 Å². The van der Waals surface area contributed by atoms with E-state index in [-0.39, 0.29) is 11.0 Å². The summed E-state index contributed by atoms with van der Waals surface area (Å²) < 4.78 is 2.30. The molecule has 1 heterocycles. The van der Waals surface area contributed by atoms with Gasteiger partial charge in [-0.2, -0.15) is 0 Å². The molecule has 5 heteroatoms. The van der Waals surface area contributed by atoms with E-state index in [9.17, 15) is 4.79 Å². The van der Waals surface area contributed by atoms with E-state index in [1.807, 2.05) is 37.3 Å². The number of carbonyl (C=O) groups excluding carboxylic acids is 1. The Morgan fingerprint density at radius 1 is 1.18 bits per heavy atom. The van der Waals surface area contributed by atoms with Crippen LogP contribution >= 0.6 is 11.8 Å². The number of hydrogen-bond donors (Lipinski definition) is 0. The third-order valence-corrected chi connectivity index (χ3v) is 5.31. The third kappa shape index (κ3) is 2.70. The summed E-state index contributed by atoms with van der Waals surface area (Å²) in [4.78, 5) is 12.5. The van der Waals surface area contributed by atoms with Gasteiger partial charge >= 0.3 is 0 Å². The van der Waals surface area contributed by atoms with Crippen LogP contribution in [0.5, 0.6) is 0 Å². The molecule has 2 aromatic rings. The summed E-state index contributed by atoms with van der Waals surface area (Å²) in [5.74, 6) is 1.90. The second-order valence-corrected chi connectivity index (χ2v) is 7.51. The normalized spacial score (nSPS) is 19.1. The van der Waals surface area contributed by atoms with Gasteiger partial charge in [-0.1, -0.05) is 42.1 Å². The maximum atomic E-state index is 12.5. The monoisotopic (exact) mass is 313 g/mol. The molecule has 2 saturated carbocycles. The highest BCUT2D eigenvalue weighted by molar-refractivity contribution is 8.00. The lowest BCUT2D eigenvalue weighted by atomic mass is 10.1. The molecule has 0 spiro atoms. The fourth-order valence-electron chi connectivity index (χ4n) is 2.71. The molecule has 1 aromatic carbocycles. The van der Waals surface area contributed by atoms with E-state index >= 15 is 0 Å². The van der Waals surface area contributed by atoms with Crippen molar-refractivity contribution in [3.8, 4) is 0 Å². The van der Waals surface area contributed by atoms with Gasteiger partial charge in [-0.15, -0.1) is 10.2 Å². The van der Waals surface area contributed by atoms with E-state index in [0.717, 1.165) is 16.5 Å². The molecule has 0 N–H and O–H groups in total. The van der Waals surface area contributed by atoms with Gasteiger partial charge in [0.1, 0.15) is 5.82 Å². The van der Waals surface area contributed by atoms with Gasteiger partial charge in [-0.25, -0.2) is 0 Å². The number of aromatic nitrogens is 3. The Morgan fingerprint density at radius 3 is 2.55 bits per heavy atom. The quantitative estimate of drug-likeness (QED) is 0.600. The van der Waals surface area contributed by atoms with E-state index in [2.05, 4.69) is 14.8 Å². The number of Topliss-reactive ketones (excluding diaryl/α,β-unsaturated/α-hetero) is 1. The molecule has 2 fully saturated rings. The van der Waals surface area contributed by atoms with Crippen LogP contribution in [0.3, 0.4) is 0 Å². The fourth-order valence-corrected chi connectivity index (χ4v) is 3.72. The van der Waals surface area contributed by atoms with Crippen molar-refractivity contribution in [2.75, 3.05) is 0 Å². The van der Waals surface area contributed by atoms with Gasteiger partial charge in [-0.05, 0) is 32.6 Å². The molecule has 2 aliphatic rings. The SMILES string of the molecule is C[C@H](Sc1nnc(C2CC2)n1C1CC1)C(=O)c1ccccc1. The maximum Gasteiger partial charge on any atom is 0.192 e. The van der Waals surface area contributed by atoms with Crippen molar-refractivity contribution in [3.05, 3.63) is 41.7 Å². The Balaban J connectivity index is 1.54. The highest BCUT2D eigenvalue weighted by atomic mass is 32.2. The maximum absolute atomic E-state index is 12.5. The molecule has 0 aliphatic heterocycles. The zero-order valence-corrected chi connectivity index (χ0v) is 13.4. The van der Waals surface area contributed by atoms with Gasteiger partial charge in [0.15, 0.2) is 10.9 Å². The minimum atomic E-state index is -0.142. The molecule has 0 unspecified atom stereocenters. The molecule has 1 aromatic heterocycles. The number of carbonyl (C=O) groups is 1. The molecule has 0 radical (unpaired) electrons. The highest BCUT2D eigenvalue weighted by Gasteiger charge is 2.37. The average molecular weight is 313 g/mol. The van der Waals surface area contributed by atoms with Gasteiger partial charge < -0.3 is 4.57 Å². The lowest BCUT2D eigenvalue weighted by Crippen LogP contribution is -2.14. The standard InChI is InChI=1S/C17H19N3OS/c1-11(15(21)12-5-3-2-4-6-12)22-17-19-18-16(13-7-8-13)20(17)14-9-10-14/h2-6,11,13-14H,7-10H2,1H3/t11-/m0/s1. The predicted octanol–water partition coefficient (Wildman–Crippen LogP) is 3.85. The molecule has 4 nitrogen and oxygen atoms in total. The van der Waals surface area contributed by atoms with E-state index in [1.54, 1.807) is 11.8 Å². The summed E-state index contributed by atoms with van der Waals surface area (Å²) in [5, 5.41) is 9.56. The lowest BCUT2D eigenvalue weighted by molar-refractivity contribution is 0.0994. The second-order valence-electron chi connectivity index (χ2n) is 6.21. The summed E-state index contributed by atoms with van der Waals surface area (Å²) in [6.07, 6.45) is 4.89. The van der Waals surface area contributed by atoms with Crippen LogP contribution in [-0.2, 0) is 0 Å². The minimum Gasteiger partial charge on any atom is -0.303 e. The van der Waals surface area contributed by atoms with E-state index in [4.69, 9.17) is 0 Å². The van der Waals surface area contributed by atoms with Crippen molar-refractivity contribution in [1.29, 1.82) is 0 Å². The first-order valence-corrected chi connectivity index (χ1v) is 8.82. The Labute approximate surface area is 134 Å². The number of rotatable bonds is 6. The molecule has 4 rings (SSSR count). The molecule has 114 valence electrons. The van der Waals surface area contributed by atoms with E-state index in [1.165, 1.54) is 25.7 Å². The number of ketones is 1. The highest BCUT2D eigenvalue weighted by Crippen LogP contribution is 2.46. The van der Waals surface area contributed by atoms with Gasteiger partial charge in [-0.3, -0.25) is 4.79 Å². The zero-order chi connectivity index (χ0) is 15.1. The number of thioether (sulfide) groups is 1. The van der Waals surface area contributed by atoms with Gasteiger partial charge in [0.25, 0.3) is 0 Å². The molecular weight excluding hydrogens is 294 g/mol. The molecule has 0 saturated heterocycles. The first-order valence-electron chi connectivity index (χ1n) is 7.94. The first-order chi connectivity index (χ1) is 10.7. The van der Waals surface area contributed by atoms with Crippen LogP contribution in [0.25, 0.3) is 0 Å². The minimum absolute atomic E-state index is 0.142. The van der Waals surface area contributed by atoms with Gasteiger partial charge in [0, 0.05) is 17.5 Å². The molecule has 2 aliphatic carbocycles. The third-order valence-electron chi connectivity index (χ3n) is 4.26. The van der Waals surface area contributed by atoms with Gasteiger partial charge in [0.2, 0.25) is 0 Å². The Kier molecular flexibility index (Phi) is 3.53. The van der Waals surface area contributed by atoms with Crippen LogP contribution in [0.15, 0.2) is 35.5 Å². The topological polar surface area (TPSA) is 47.8 Å². The Morgan fingerprint density at radius 2 is 1.91 bits per heavy atom. The van der Waals surface area contributed by atoms with Crippen molar-refractivity contribution in [1.82, 2.24) is 14.8 Å². The smallest absolute Gasteiger partial charge is 0.192 e. The number of nitrogens with zero attached hydrogens (tertiary/aromatic N) is 3. The molecular formula is C17H19N3OS. The summed E-state index contributed by atoms with van der Waals surface area (Å²) in [5.41, 5.74) is 0.766. The van der Waals surface area contributed by atoms with Crippen molar-refractivity contribution >= 4 is 17.5 Å². The van der Waals surface area contributed by atoms with Gasteiger partial charge in [0.05, 0.1) is 5.25 Å². The van der Waals surface area contributed by atoms with Crippen molar-refractivity contribution < 1.29 is 4.79 Å². The second kappa shape index (κ2) is 5.54. The van der Waals surface area contributed by atoms with E-state index < -0.39 is 0 Å². The molecule has 0 amide bonds. The predicted molar refractivity (Wildman–Crippen MR) is 86.4 cm³/mol. The largest absolute Gasteiger partial charge is 0.303 e. The lowest BCUT2D eigenvalue weighted by Gasteiger charge is -2.12. The Hall–Kier alpha value is -1.62. The molecule has 0 bridgehead atoms. The van der Waals surface area contributed by atoms with Crippen molar-refractivity contribution in [2.24, 2.45) is 0 Å². The summed E-state index contributed by atoms with van der Waals surface area (Å²) in [7, 11) is 0. The van der Waals surface area contributed by atoms with Crippen molar-refractivity contribution in [3.63, 3.8) is 0 Å². The van der Waals surface area contributed by atoms with E-state index in [0.29, 0.717) is 12.0 Å². The average Bonchev–Trinajstić information content (AvgIpc) is 3.46. The van der Waals surface area contributed by atoms with Crippen LogP contribution in [0.2, 0.25) is 0 Å². The summed E-state index contributed by atoms with van der Waals surface area (Å²) in [6, 6.07) is 10.1. The summed E-state index contributed by atoms with van der Waals surface area (Å²) in [6.45, 7) is 1.96. The Bertz CT molecular complexity index is 689. The van der Waals surface area contributed by atoms with Crippen LogP contribution < -0.4 is 0 Å². The van der Waals surface area contributed by atoms with Crippen molar-refractivity contribution in [2.45, 2.75) is 55.0 Å². The van der Waals surface area contributed by atoms with Crippen LogP contribution in [0, 0.1) is 0 Å². The zero-order valence-electron chi connectivity index (χ0n) is 12.6. The number of hydrogen-bond acceptors (Lipinski definition) is 4. The first kappa shape index (κ1) is 14.0.